The number of rotatable bonds is 6. The number of fused-ring (bicyclic) bond motifs is 1. The standard InChI is InChI=1S/C27H22N2O4S2/c1-3-33-26(31)22-23(18-10-5-4-6-11-18)28-27-29(24(22)20-13-8-14-34-20)25(30)21(35-27)16-17-9-7-12-19(15-17)32-2/h4-16,24H,3H2,1-2H3/b21-16-/t24-/m0/s1. The summed E-state index contributed by atoms with van der Waals surface area (Å²) in [6, 6.07) is 20.3. The first-order valence-corrected chi connectivity index (χ1v) is 12.8. The van der Waals surface area contributed by atoms with E-state index in [-0.39, 0.29) is 12.2 Å². The van der Waals surface area contributed by atoms with Gasteiger partial charge in [0.1, 0.15) is 11.8 Å². The van der Waals surface area contributed by atoms with Crippen LogP contribution in [-0.2, 0) is 9.53 Å². The number of aromatic nitrogens is 1. The monoisotopic (exact) mass is 502 g/mol. The normalized spacial score (nSPS) is 15.5. The van der Waals surface area contributed by atoms with Crippen LogP contribution in [0.25, 0.3) is 11.8 Å². The van der Waals surface area contributed by atoms with Crippen LogP contribution < -0.4 is 19.6 Å². The molecule has 4 aromatic rings. The third-order valence-corrected chi connectivity index (χ3v) is 7.49. The van der Waals surface area contributed by atoms with Crippen molar-refractivity contribution in [3.63, 3.8) is 0 Å². The van der Waals surface area contributed by atoms with Gasteiger partial charge in [-0.3, -0.25) is 9.36 Å². The number of methoxy groups -OCH3 is 1. The van der Waals surface area contributed by atoms with Gasteiger partial charge < -0.3 is 9.47 Å². The van der Waals surface area contributed by atoms with Gasteiger partial charge in [-0.15, -0.1) is 11.3 Å². The maximum absolute atomic E-state index is 13.7. The largest absolute Gasteiger partial charge is 0.497 e. The molecule has 0 radical (unpaired) electrons. The Labute approximate surface area is 209 Å². The lowest BCUT2D eigenvalue weighted by atomic mass is 9.97. The van der Waals surface area contributed by atoms with Gasteiger partial charge in [-0.2, -0.15) is 0 Å². The molecule has 0 amide bonds. The molecule has 0 bridgehead atoms. The quantitative estimate of drug-likeness (QED) is 0.374. The van der Waals surface area contributed by atoms with Gasteiger partial charge in [-0.1, -0.05) is 59.9 Å². The van der Waals surface area contributed by atoms with E-state index in [1.165, 1.54) is 22.7 Å². The summed E-state index contributed by atoms with van der Waals surface area (Å²) in [4.78, 5) is 33.3. The van der Waals surface area contributed by atoms with Crippen molar-refractivity contribution in [1.29, 1.82) is 0 Å². The number of carbonyl (C=O) groups excluding carboxylic acids is 1. The van der Waals surface area contributed by atoms with E-state index in [0.717, 1.165) is 16.0 Å². The van der Waals surface area contributed by atoms with Crippen molar-refractivity contribution in [3.8, 4) is 5.75 Å². The predicted molar refractivity (Wildman–Crippen MR) is 138 cm³/mol. The highest BCUT2D eigenvalue weighted by molar-refractivity contribution is 7.10. The fraction of sp³-hybridized carbons (Fsp3) is 0.148. The SMILES string of the molecule is CCOC(=O)C1=C(c2ccccc2)N=c2s/c(=C\c3cccc(OC)c3)c(=O)n2[C@H]1c1cccs1. The molecule has 2 aromatic carbocycles. The number of hydrogen-bond donors (Lipinski definition) is 0. The molecule has 176 valence electrons. The Bertz CT molecular complexity index is 1580. The number of hydrogen-bond acceptors (Lipinski definition) is 7. The van der Waals surface area contributed by atoms with Crippen molar-refractivity contribution in [2.45, 2.75) is 13.0 Å². The molecule has 5 rings (SSSR count). The lowest BCUT2D eigenvalue weighted by molar-refractivity contribution is -0.138. The summed E-state index contributed by atoms with van der Waals surface area (Å²) >= 11 is 2.79. The Balaban J connectivity index is 1.80. The van der Waals surface area contributed by atoms with Crippen LogP contribution in [-0.4, -0.2) is 24.3 Å². The third-order valence-electron chi connectivity index (χ3n) is 5.58. The number of nitrogens with zero attached hydrogens (tertiary/aromatic N) is 2. The van der Waals surface area contributed by atoms with Crippen LogP contribution in [0.5, 0.6) is 5.75 Å². The van der Waals surface area contributed by atoms with Crippen LogP contribution in [0.2, 0.25) is 0 Å². The van der Waals surface area contributed by atoms with E-state index in [0.29, 0.717) is 26.4 Å². The molecule has 0 spiro atoms. The van der Waals surface area contributed by atoms with Crippen molar-refractivity contribution in [2.75, 3.05) is 13.7 Å². The number of carbonyl (C=O) groups is 1. The summed E-state index contributed by atoms with van der Waals surface area (Å²) in [7, 11) is 1.61. The Kier molecular flexibility index (Phi) is 6.48. The molecule has 1 atom stereocenters. The molecule has 0 N–H and O–H groups in total. The van der Waals surface area contributed by atoms with Crippen LogP contribution in [0.4, 0.5) is 0 Å². The number of benzene rings is 2. The number of thiophene rings is 1. The maximum atomic E-state index is 13.7. The molecule has 0 saturated heterocycles. The zero-order chi connectivity index (χ0) is 24.4. The van der Waals surface area contributed by atoms with Crippen molar-refractivity contribution in [3.05, 3.63) is 113 Å². The van der Waals surface area contributed by atoms with Crippen LogP contribution in [0, 0.1) is 0 Å². The molecule has 0 unspecified atom stereocenters. The van der Waals surface area contributed by atoms with Gasteiger partial charge in [0, 0.05) is 10.4 Å². The van der Waals surface area contributed by atoms with Gasteiger partial charge in [0.25, 0.3) is 5.56 Å². The van der Waals surface area contributed by atoms with E-state index in [1.807, 2.05) is 78.2 Å². The zero-order valence-electron chi connectivity index (χ0n) is 19.1. The van der Waals surface area contributed by atoms with Gasteiger partial charge >= 0.3 is 5.97 Å². The molecular formula is C27H22N2O4S2. The Hall–Kier alpha value is -3.75. The third kappa shape index (κ3) is 4.38. The van der Waals surface area contributed by atoms with E-state index < -0.39 is 12.0 Å². The van der Waals surface area contributed by atoms with E-state index in [4.69, 9.17) is 14.5 Å². The topological polar surface area (TPSA) is 69.9 Å². The van der Waals surface area contributed by atoms with Crippen molar-refractivity contribution < 1.29 is 14.3 Å². The highest BCUT2D eigenvalue weighted by Gasteiger charge is 2.35. The average molecular weight is 503 g/mol. The van der Waals surface area contributed by atoms with Crippen LogP contribution >= 0.6 is 22.7 Å². The van der Waals surface area contributed by atoms with Gasteiger partial charge in [-0.25, -0.2) is 9.79 Å². The number of thiazole rings is 1. The fourth-order valence-corrected chi connectivity index (χ4v) is 5.86. The van der Waals surface area contributed by atoms with Crippen LogP contribution in [0.1, 0.15) is 29.0 Å². The highest BCUT2D eigenvalue weighted by atomic mass is 32.1. The summed E-state index contributed by atoms with van der Waals surface area (Å²) in [5.74, 6) is 0.231. The van der Waals surface area contributed by atoms with Gasteiger partial charge in [0.15, 0.2) is 4.80 Å². The molecule has 1 aliphatic heterocycles. The molecule has 1 aliphatic rings. The highest BCUT2D eigenvalue weighted by Crippen LogP contribution is 2.36. The Morgan fingerprint density at radius 2 is 1.94 bits per heavy atom. The zero-order valence-corrected chi connectivity index (χ0v) is 20.8. The fourth-order valence-electron chi connectivity index (χ4n) is 4.04. The summed E-state index contributed by atoms with van der Waals surface area (Å²) < 4.78 is 12.9. The van der Waals surface area contributed by atoms with E-state index in [9.17, 15) is 9.59 Å². The molecule has 8 heteroatoms. The molecule has 2 aromatic heterocycles. The summed E-state index contributed by atoms with van der Waals surface area (Å²) in [6.45, 7) is 1.99. The molecule has 0 aliphatic carbocycles. The molecule has 0 fully saturated rings. The van der Waals surface area contributed by atoms with Crippen LogP contribution in [0.3, 0.4) is 0 Å². The second-order valence-electron chi connectivity index (χ2n) is 7.72. The first-order valence-electron chi connectivity index (χ1n) is 11.1. The van der Waals surface area contributed by atoms with Gasteiger partial charge in [0.05, 0.1) is 29.5 Å². The van der Waals surface area contributed by atoms with E-state index in [1.54, 1.807) is 18.6 Å². The molecule has 35 heavy (non-hydrogen) atoms. The lowest BCUT2D eigenvalue weighted by Gasteiger charge is -2.24. The molecular weight excluding hydrogens is 480 g/mol. The summed E-state index contributed by atoms with van der Waals surface area (Å²) in [5, 5.41) is 1.94. The second kappa shape index (κ2) is 9.85. The second-order valence-corrected chi connectivity index (χ2v) is 9.71. The van der Waals surface area contributed by atoms with Gasteiger partial charge in [-0.05, 0) is 42.1 Å². The number of ether oxygens (including phenoxy) is 2. The van der Waals surface area contributed by atoms with E-state index >= 15 is 0 Å². The first-order chi connectivity index (χ1) is 17.1. The minimum atomic E-state index is -0.632. The average Bonchev–Trinajstić information content (AvgIpc) is 3.52. The summed E-state index contributed by atoms with van der Waals surface area (Å²) in [6.07, 6.45) is 1.83. The van der Waals surface area contributed by atoms with E-state index in [2.05, 4.69) is 0 Å². The van der Waals surface area contributed by atoms with Gasteiger partial charge in [0.2, 0.25) is 0 Å². The minimum Gasteiger partial charge on any atom is -0.497 e. The predicted octanol–water partition coefficient (Wildman–Crippen LogP) is 4.01. The molecule has 3 heterocycles. The first kappa shape index (κ1) is 23.0. The minimum absolute atomic E-state index is 0.205. The van der Waals surface area contributed by atoms with Crippen LogP contribution in [0.15, 0.2) is 87.5 Å². The number of esters is 1. The summed E-state index contributed by atoms with van der Waals surface area (Å²) in [5.41, 5.74) is 2.32. The molecule has 6 nitrogen and oxygen atoms in total. The molecule has 0 saturated carbocycles. The Morgan fingerprint density at radius 1 is 1.11 bits per heavy atom. The Morgan fingerprint density at radius 3 is 2.66 bits per heavy atom. The smallest absolute Gasteiger partial charge is 0.338 e. The van der Waals surface area contributed by atoms with Crippen molar-refractivity contribution in [2.24, 2.45) is 4.99 Å². The maximum Gasteiger partial charge on any atom is 0.338 e. The van der Waals surface area contributed by atoms with Crippen molar-refractivity contribution in [1.82, 2.24) is 4.57 Å². The van der Waals surface area contributed by atoms with Crippen molar-refractivity contribution >= 4 is 40.4 Å². The lowest BCUT2D eigenvalue weighted by Crippen LogP contribution is -2.39.